The van der Waals surface area contributed by atoms with Crippen molar-refractivity contribution < 1.29 is 0 Å². The molecule has 11 aromatic rings. The predicted molar refractivity (Wildman–Crippen MR) is 217 cm³/mol. The van der Waals surface area contributed by atoms with Gasteiger partial charge < -0.3 is 9.13 Å². The van der Waals surface area contributed by atoms with E-state index in [1.807, 2.05) is 23.6 Å². The zero-order chi connectivity index (χ0) is 33.5. The van der Waals surface area contributed by atoms with Crippen molar-refractivity contribution in [1.29, 1.82) is 0 Å². The Labute approximate surface area is 297 Å². The summed E-state index contributed by atoms with van der Waals surface area (Å²) in [7, 11) is 0. The minimum absolute atomic E-state index is 1.02. The highest BCUT2D eigenvalue weighted by atomic mass is 32.1. The van der Waals surface area contributed by atoms with Gasteiger partial charge >= 0.3 is 0 Å². The van der Waals surface area contributed by atoms with E-state index in [1.165, 1.54) is 69.9 Å². The molecule has 0 atom stereocenters. The maximum absolute atomic E-state index is 4.95. The Morgan fingerprint density at radius 2 is 1.04 bits per heavy atom. The normalized spacial score (nSPS) is 11.9. The second-order valence-corrected chi connectivity index (χ2v) is 14.2. The van der Waals surface area contributed by atoms with Crippen LogP contribution in [0.4, 0.5) is 0 Å². The second kappa shape index (κ2) is 11.0. The van der Waals surface area contributed by atoms with E-state index >= 15 is 0 Å². The van der Waals surface area contributed by atoms with Crippen molar-refractivity contribution in [3.05, 3.63) is 176 Å². The van der Waals surface area contributed by atoms with Crippen molar-refractivity contribution in [1.82, 2.24) is 14.1 Å². The molecule has 0 unspecified atom stereocenters. The van der Waals surface area contributed by atoms with Crippen LogP contribution >= 0.6 is 11.3 Å². The minimum Gasteiger partial charge on any atom is -0.309 e. The molecule has 0 bridgehead atoms. The zero-order valence-electron chi connectivity index (χ0n) is 27.5. The molecule has 0 fully saturated rings. The SMILES string of the molecule is c1ccc(-c2cccc(-n3c4ccccc4c4cc(-c5ccc6c(c5)c5ncccc5n6-c5cccc6c5sc5ccccc56)ccc43)c2)cc1. The number of para-hydroxylation sites is 1. The van der Waals surface area contributed by atoms with E-state index < -0.39 is 0 Å². The summed E-state index contributed by atoms with van der Waals surface area (Å²) in [6.07, 6.45) is 1.91. The van der Waals surface area contributed by atoms with Gasteiger partial charge in [-0.05, 0) is 89.0 Å². The Bertz CT molecular complexity index is 3140. The van der Waals surface area contributed by atoms with E-state index in [2.05, 4.69) is 173 Å². The van der Waals surface area contributed by atoms with Gasteiger partial charge in [0.2, 0.25) is 0 Å². The number of hydrogen-bond donors (Lipinski definition) is 0. The average molecular weight is 668 g/mol. The van der Waals surface area contributed by atoms with Crippen LogP contribution in [-0.4, -0.2) is 14.1 Å². The lowest BCUT2D eigenvalue weighted by Gasteiger charge is -2.11. The largest absolute Gasteiger partial charge is 0.309 e. The molecule has 0 saturated carbocycles. The Hall–Kier alpha value is -6.49. The fourth-order valence-electron chi connectivity index (χ4n) is 8.07. The first-order valence-corrected chi connectivity index (χ1v) is 18.1. The first-order valence-electron chi connectivity index (χ1n) is 17.3. The first-order chi connectivity index (χ1) is 25.3. The molecule has 0 aliphatic carbocycles. The smallest absolute Gasteiger partial charge is 0.0963 e. The van der Waals surface area contributed by atoms with Gasteiger partial charge in [-0.25, -0.2) is 0 Å². The summed E-state index contributed by atoms with van der Waals surface area (Å²) in [4.78, 5) is 4.95. The Balaban J connectivity index is 1.09. The third-order valence-electron chi connectivity index (χ3n) is 10.4. The molecule has 11 rings (SSSR count). The molecule has 0 aliphatic heterocycles. The van der Waals surface area contributed by atoms with Crippen LogP contribution < -0.4 is 0 Å². The Morgan fingerprint density at radius 1 is 0.392 bits per heavy atom. The molecule has 3 nitrogen and oxygen atoms in total. The summed E-state index contributed by atoms with van der Waals surface area (Å²) in [5.74, 6) is 0. The van der Waals surface area contributed by atoms with E-state index in [0.29, 0.717) is 0 Å². The van der Waals surface area contributed by atoms with E-state index in [9.17, 15) is 0 Å². The van der Waals surface area contributed by atoms with Crippen LogP contribution in [0.3, 0.4) is 0 Å². The number of nitrogens with zero attached hydrogens (tertiary/aromatic N) is 3. The highest BCUT2D eigenvalue weighted by molar-refractivity contribution is 7.26. The molecule has 7 aromatic carbocycles. The minimum atomic E-state index is 1.02. The fraction of sp³-hybridized carbons (Fsp3) is 0. The number of fused-ring (bicyclic) bond motifs is 9. The van der Waals surface area contributed by atoms with Crippen molar-refractivity contribution >= 4 is 75.3 Å². The molecule has 0 spiro atoms. The van der Waals surface area contributed by atoms with Crippen molar-refractivity contribution in [2.45, 2.75) is 0 Å². The highest BCUT2D eigenvalue weighted by Gasteiger charge is 2.19. The topological polar surface area (TPSA) is 22.8 Å². The van der Waals surface area contributed by atoms with Crippen molar-refractivity contribution in [2.24, 2.45) is 0 Å². The standard InChI is InChI=1S/C47H29N3S/c1-2-11-30(12-3-1)31-13-8-14-34(27-31)49-40-18-6-4-15-35(40)38-28-32(22-24-41(38)49)33-23-25-42-39(29-33)46-43(20-10-26-48-46)50(42)44-19-9-17-37-36-16-5-7-21-45(36)51-47(37)44/h1-29H. The molecular formula is C47H29N3S. The van der Waals surface area contributed by atoms with Gasteiger partial charge in [0.25, 0.3) is 0 Å². The third-order valence-corrected chi connectivity index (χ3v) is 11.6. The molecule has 238 valence electrons. The monoisotopic (exact) mass is 667 g/mol. The van der Waals surface area contributed by atoms with Crippen LogP contribution in [0.25, 0.3) is 97.5 Å². The number of rotatable bonds is 4. The third kappa shape index (κ3) is 4.27. The molecule has 4 heterocycles. The van der Waals surface area contributed by atoms with Crippen LogP contribution in [0.2, 0.25) is 0 Å². The predicted octanol–water partition coefficient (Wildman–Crippen LogP) is 13.0. The molecule has 0 aliphatic rings. The summed E-state index contributed by atoms with van der Waals surface area (Å²) in [6.45, 7) is 0. The second-order valence-electron chi connectivity index (χ2n) is 13.2. The van der Waals surface area contributed by atoms with Crippen LogP contribution in [0.15, 0.2) is 176 Å². The lowest BCUT2D eigenvalue weighted by Crippen LogP contribution is -1.94. The van der Waals surface area contributed by atoms with Gasteiger partial charge in [-0.1, -0.05) is 103 Å². The molecule has 4 heteroatoms. The van der Waals surface area contributed by atoms with Crippen molar-refractivity contribution in [3.8, 4) is 33.6 Å². The quantitative estimate of drug-likeness (QED) is 0.183. The van der Waals surface area contributed by atoms with Crippen molar-refractivity contribution in [2.75, 3.05) is 0 Å². The molecule has 0 amide bonds. The zero-order valence-corrected chi connectivity index (χ0v) is 28.3. The fourth-order valence-corrected chi connectivity index (χ4v) is 9.27. The van der Waals surface area contributed by atoms with Gasteiger partial charge in [-0.3, -0.25) is 4.98 Å². The molecule has 4 aromatic heterocycles. The van der Waals surface area contributed by atoms with Crippen LogP contribution in [0.5, 0.6) is 0 Å². The van der Waals surface area contributed by atoms with Gasteiger partial charge in [-0.2, -0.15) is 0 Å². The van der Waals surface area contributed by atoms with E-state index in [-0.39, 0.29) is 0 Å². The Morgan fingerprint density at radius 3 is 1.92 bits per heavy atom. The number of hydrogen-bond acceptors (Lipinski definition) is 2. The molecule has 51 heavy (non-hydrogen) atoms. The van der Waals surface area contributed by atoms with Gasteiger partial charge in [0, 0.05) is 43.5 Å². The van der Waals surface area contributed by atoms with Crippen LogP contribution in [0.1, 0.15) is 0 Å². The van der Waals surface area contributed by atoms with E-state index in [1.54, 1.807) is 0 Å². The Kier molecular flexibility index (Phi) is 6.12. The number of thiophene rings is 1. The van der Waals surface area contributed by atoms with Gasteiger partial charge in [0.1, 0.15) is 0 Å². The summed E-state index contributed by atoms with van der Waals surface area (Å²) in [5, 5.41) is 6.24. The summed E-state index contributed by atoms with van der Waals surface area (Å²) in [6, 6.07) is 61.6. The highest BCUT2D eigenvalue weighted by Crippen LogP contribution is 2.42. The van der Waals surface area contributed by atoms with Gasteiger partial charge in [-0.15, -0.1) is 11.3 Å². The van der Waals surface area contributed by atoms with E-state index in [4.69, 9.17) is 4.98 Å². The maximum Gasteiger partial charge on any atom is 0.0963 e. The number of benzene rings is 7. The summed E-state index contributed by atoms with van der Waals surface area (Å²) in [5.41, 5.74) is 12.8. The summed E-state index contributed by atoms with van der Waals surface area (Å²) >= 11 is 1.86. The molecule has 0 radical (unpaired) electrons. The van der Waals surface area contributed by atoms with E-state index in [0.717, 1.165) is 27.6 Å². The number of pyridine rings is 1. The average Bonchev–Trinajstić information content (AvgIpc) is 3.86. The lowest BCUT2D eigenvalue weighted by molar-refractivity contribution is 1.18. The molecule has 0 saturated heterocycles. The van der Waals surface area contributed by atoms with Crippen molar-refractivity contribution in [3.63, 3.8) is 0 Å². The van der Waals surface area contributed by atoms with Crippen LogP contribution in [0, 0.1) is 0 Å². The molecular weight excluding hydrogens is 639 g/mol. The summed E-state index contributed by atoms with van der Waals surface area (Å²) < 4.78 is 7.40. The maximum atomic E-state index is 4.95. The lowest BCUT2D eigenvalue weighted by atomic mass is 10.0. The van der Waals surface area contributed by atoms with Crippen LogP contribution in [-0.2, 0) is 0 Å². The molecule has 0 N–H and O–H groups in total. The van der Waals surface area contributed by atoms with Gasteiger partial charge in [0.05, 0.1) is 38.0 Å². The number of aromatic nitrogens is 3. The first kappa shape index (κ1) is 28.4. The van der Waals surface area contributed by atoms with Gasteiger partial charge in [0.15, 0.2) is 0 Å².